The van der Waals surface area contributed by atoms with Crippen LogP contribution in [0.1, 0.15) is 29.6 Å². The minimum atomic E-state index is -0.435. The van der Waals surface area contributed by atoms with Crippen molar-refractivity contribution in [1.29, 1.82) is 0 Å². The molecule has 0 fully saturated rings. The van der Waals surface area contributed by atoms with Gasteiger partial charge in [0, 0.05) is 4.88 Å². The molecule has 0 saturated carbocycles. The molecule has 1 N–H and O–H groups in total. The first kappa shape index (κ1) is 11.4. The van der Waals surface area contributed by atoms with E-state index in [1.807, 2.05) is 4.57 Å². The second-order valence-corrected chi connectivity index (χ2v) is 6.37. The first-order valence-corrected chi connectivity index (χ1v) is 7.29. The lowest BCUT2D eigenvalue weighted by Gasteiger charge is -2.22. The summed E-state index contributed by atoms with van der Waals surface area (Å²) in [6, 6.07) is 4.16. The Morgan fingerprint density at radius 1 is 1.53 bits per heavy atom. The normalized spacial score (nSPS) is 19.4. The topological polar surface area (TPSA) is 38.0 Å². The van der Waals surface area contributed by atoms with E-state index in [1.54, 1.807) is 11.3 Å². The third-order valence-electron chi connectivity index (χ3n) is 3.10. The van der Waals surface area contributed by atoms with Crippen molar-refractivity contribution in [3.63, 3.8) is 0 Å². The number of halogens is 1. The Morgan fingerprint density at radius 3 is 3.06 bits per heavy atom. The van der Waals surface area contributed by atoms with E-state index in [1.165, 1.54) is 4.88 Å². The molecular weight excluding hydrogens is 300 g/mol. The van der Waals surface area contributed by atoms with Gasteiger partial charge in [0.2, 0.25) is 0 Å². The number of rotatable bonds is 1. The number of nitrogens with zero attached hydrogens (tertiary/aromatic N) is 2. The highest BCUT2D eigenvalue weighted by Crippen LogP contribution is 2.36. The summed E-state index contributed by atoms with van der Waals surface area (Å²) in [6.07, 6.45) is 2.38. The zero-order valence-electron chi connectivity index (χ0n) is 9.48. The van der Waals surface area contributed by atoms with E-state index in [0.29, 0.717) is 0 Å². The average Bonchev–Trinajstić information content (AvgIpc) is 2.85. The number of thiophene rings is 1. The quantitative estimate of drug-likeness (QED) is 0.875. The number of aromatic nitrogens is 2. The fourth-order valence-electron chi connectivity index (χ4n) is 2.29. The molecule has 0 aromatic carbocycles. The van der Waals surface area contributed by atoms with Crippen LogP contribution in [0.25, 0.3) is 10.7 Å². The molecule has 17 heavy (non-hydrogen) atoms. The van der Waals surface area contributed by atoms with Gasteiger partial charge in [0.1, 0.15) is 10.8 Å². The van der Waals surface area contributed by atoms with E-state index in [0.717, 1.165) is 40.3 Å². The van der Waals surface area contributed by atoms with Crippen LogP contribution in [0.3, 0.4) is 0 Å². The Balaban J connectivity index is 2.18. The molecule has 3 rings (SSSR count). The predicted octanol–water partition coefficient (Wildman–Crippen LogP) is 3.51. The summed E-state index contributed by atoms with van der Waals surface area (Å²) in [7, 11) is 0. The molecule has 90 valence electrons. The van der Waals surface area contributed by atoms with Crippen molar-refractivity contribution in [2.45, 2.75) is 32.4 Å². The van der Waals surface area contributed by atoms with Crippen LogP contribution >= 0.6 is 27.3 Å². The predicted molar refractivity (Wildman–Crippen MR) is 72.2 cm³/mol. The van der Waals surface area contributed by atoms with Gasteiger partial charge in [-0.1, -0.05) is 0 Å². The number of aliphatic hydroxyl groups is 1. The minimum absolute atomic E-state index is 0.435. The van der Waals surface area contributed by atoms with Crippen LogP contribution in [0, 0.1) is 6.92 Å². The number of hydrogen-bond donors (Lipinski definition) is 1. The van der Waals surface area contributed by atoms with Crippen molar-refractivity contribution in [3.8, 4) is 10.7 Å². The van der Waals surface area contributed by atoms with Gasteiger partial charge < -0.3 is 5.11 Å². The van der Waals surface area contributed by atoms with Crippen LogP contribution in [0.5, 0.6) is 0 Å². The van der Waals surface area contributed by atoms with Gasteiger partial charge in [-0.05, 0) is 54.2 Å². The summed E-state index contributed by atoms with van der Waals surface area (Å²) in [6.45, 7) is 2.08. The van der Waals surface area contributed by atoms with Crippen molar-refractivity contribution < 1.29 is 5.11 Å². The lowest BCUT2D eigenvalue weighted by Crippen LogP contribution is -2.17. The summed E-state index contributed by atoms with van der Waals surface area (Å²) in [5, 5.41) is 10.1. The SMILES string of the molecule is Cc1ccc(-c2nc(Br)c3n2C(O)CCC3)s1. The Hall–Kier alpha value is -0.650. The summed E-state index contributed by atoms with van der Waals surface area (Å²) in [4.78, 5) is 6.94. The fraction of sp³-hybridized carbons (Fsp3) is 0.417. The monoisotopic (exact) mass is 312 g/mol. The number of aliphatic hydroxyl groups excluding tert-OH is 1. The maximum absolute atomic E-state index is 10.1. The van der Waals surface area contributed by atoms with Gasteiger partial charge in [0.05, 0.1) is 10.6 Å². The molecule has 2 aromatic heterocycles. The number of aryl methyl sites for hydroxylation is 1. The molecule has 0 bridgehead atoms. The molecule has 3 heterocycles. The van der Waals surface area contributed by atoms with E-state index in [9.17, 15) is 5.11 Å². The zero-order chi connectivity index (χ0) is 12.0. The maximum Gasteiger partial charge on any atom is 0.153 e. The molecule has 0 saturated heterocycles. The Bertz CT molecular complexity index is 561. The fourth-order valence-corrected chi connectivity index (χ4v) is 3.70. The molecule has 1 atom stereocenters. The van der Waals surface area contributed by atoms with E-state index in [2.05, 4.69) is 40.0 Å². The summed E-state index contributed by atoms with van der Waals surface area (Å²) in [5.41, 5.74) is 1.12. The van der Waals surface area contributed by atoms with Crippen molar-refractivity contribution >= 4 is 27.3 Å². The van der Waals surface area contributed by atoms with Crippen molar-refractivity contribution in [1.82, 2.24) is 9.55 Å². The van der Waals surface area contributed by atoms with Crippen LogP contribution < -0.4 is 0 Å². The first-order chi connectivity index (χ1) is 8.16. The summed E-state index contributed by atoms with van der Waals surface area (Å²) < 4.78 is 2.84. The second-order valence-electron chi connectivity index (χ2n) is 4.33. The van der Waals surface area contributed by atoms with E-state index in [-0.39, 0.29) is 0 Å². The molecular formula is C12H13BrN2OS. The molecule has 0 aliphatic carbocycles. The summed E-state index contributed by atoms with van der Waals surface area (Å²) in [5.74, 6) is 0.886. The van der Waals surface area contributed by atoms with Gasteiger partial charge in [0.15, 0.2) is 5.82 Å². The lowest BCUT2D eigenvalue weighted by molar-refractivity contribution is 0.0806. The molecule has 3 nitrogen and oxygen atoms in total. The van der Waals surface area contributed by atoms with Gasteiger partial charge in [0.25, 0.3) is 0 Å². The van der Waals surface area contributed by atoms with Crippen LogP contribution in [-0.2, 0) is 6.42 Å². The average molecular weight is 313 g/mol. The zero-order valence-corrected chi connectivity index (χ0v) is 11.9. The van der Waals surface area contributed by atoms with Gasteiger partial charge in [-0.2, -0.15) is 0 Å². The number of hydrogen-bond acceptors (Lipinski definition) is 3. The Labute approximate surface area is 112 Å². The molecule has 0 spiro atoms. The van der Waals surface area contributed by atoms with E-state index < -0.39 is 6.23 Å². The molecule has 5 heteroatoms. The van der Waals surface area contributed by atoms with Gasteiger partial charge in [-0.3, -0.25) is 4.57 Å². The molecule has 2 aromatic rings. The van der Waals surface area contributed by atoms with Gasteiger partial charge in [-0.25, -0.2) is 4.98 Å². The first-order valence-electron chi connectivity index (χ1n) is 5.68. The van der Waals surface area contributed by atoms with Crippen LogP contribution in [0.2, 0.25) is 0 Å². The highest BCUT2D eigenvalue weighted by atomic mass is 79.9. The highest BCUT2D eigenvalue weighted by Gasteiger charge is 2.25. The van der Waals surface area contributed by atoms with Crippen LogP contribution in [0.4, 0.5) is 0 Å². The van der Waals surface area contributed by atoms with Crippen LogP contribution in [-0.4, -0.2) is 14.7 Å². The van der Waals surface area contributed by atoms with Crippen LogP contribution in [0.15, 0.2) is 16.7 Å². The highest BCUT2D eigenvalue weighted by molar-refractivity contribution is 9.10. The Morgan fingerprint density at radius 2 is 2.35 bits per heavy atom. The number of imidazole rings is 1. The molecule has 1 aliphatic heterocycles. The second kappa shape index (κ2) is 4.23. The maximum atomic E-state index is 10.1. The smallest absolute Gasteiger partial charge is 0.153 e. The minimum Gasteiger partial charge on any atom is -0.373 e. The molecule has 0 amide bonds. The third-order valence-corrected chi connectivity index (χ3v) is 4.73. The third kappa shape index (κ3) is 1.86. The molecule has 0 radical (unpaired) electrons. The standard InChI is InChI=1S/C12H13BrN2OS/c1-7-5-6-9(17-7)12-14-11(13)8-3-2-4-10(16)15(8)12/h5-6,10,16H,2-4H2,1H3. The van der Waals surface area contributed by atoms with E-state index in [4.69, 9.17) is 0 Å². The number of fused-ring (bicyclic) bond motifs is 1. The van der Waals surface area contributed by atoms with E-state index >= 15 is 0 Å². The van der Waals surface area contributed by atoms with Crippen molar-refractivity contribution in [2.24, 2.45) is 0 Å². The van der Waals surface area contributed by atoms with Crippen molar-refractivity contribution in [2.75, 3.05) is 0 Å². The Kier molecular flexibility index (Phi) is 2.84. The molecule has 1 unspecified atom stereocenters. The van der Waals surface area contributed by atoms with Gasteiger partial charge >= 0.3 is 0 Å². The molecule has 1 aliphatic rings. The summed E-state index contributed by atoms with van der Waals surface area (Å²) >= 11 is 5.21. The van der Waals surface area contributed by atoms with Gasteiger partial charge in [-0.15, -0.1) is 11.3 Å². The van der Waals surface area contributed by atoms with Crippen molar-refractivity contribution in [3.05, 3.63) is 27.3 Å². The lowest BCUT2D eigenvalue weighted by atomic mass is 10.1. The largest absolute Gasteiger partial charge is 0.373 e.